The molecule has 2 aromatic heterocycles. The smallest absolute Gasteiger partial charge is 0.292 e. The Kier molecular flexibility index (Phi) is 4.47. The molecule has 2 aromatic carbocycles. The van der Waals surface area contributed by atoms with E-state index in [-0.39, 0.29) is 11.6 Å². The number of para-hydroxylation sites is 1. The second-order valence-corrected chi connectivity index (χ2v) is 6.44. The summed E-state index contributed by atoms with van der Waals surface area (Å²) in [5.41, 5.74) is 3.03. The number of fused-ring (bicyclic) bond motifs is 3. The van der Waals surface area contributed by atoms with E-state index in [9.17, 15) is 4.79 Å². The van der Waals surface area contributed by atoms with Crippen molar-refractivity contribution in [3.63, 3.8) is 0 Å². The maximum Gasteiger partial charge on any atom is 0.292 e. The summed E-state index contributed by atoms with van der Waals surface area (Å²) in [4.78, 5) is 22.1. The van der Waals surface area contributed by atoms with E-state index >= 15 is 0 Å². The van der Waals surface area contributed by atoms with Crippen LogP contribution in [-0.2, 0) is 9.78 Å². The number of aromatic amines is 1. The van der Waals surface area contributed by atoms with Crippen molar-refractivity contribution in [2.24, 2.45) is 0 Å². The number of hydrogen-bond donors (Lipinski definition) is 2. The van der Waals surface area contributed by atoms with Crippen molar-refractivity contribution in [1.29, 1.82) is 0 Å². The van der Waals surface area contributed by atoms with Crippen molar-refractivity contribution in [3.8, 4) is 0 Å². The molecule has 4 aromatic rings. The van der Waals surface area contributed by atoms with Gasteiger partial charge >= 0.3 is 0 Å². The molecule has 0 saturated heterocycles. The first-order chi connectivity index (χ1) is 13.1. The Morgan fingerprint density at radius 3 is 2.70 bits per heavy atom. The van der Waals surface area contributed by atoms with Crippen LogP contribution in [0.25, 0.3) is 21.9 Å². The number of nitrogens with zero attached hydrogens (tertiary/aromatic N) is 1. The van der Waals surface area contributed by atoms with Gasteiger partial charge in [0, 0.05) is 23.0 Å². The number of H-pyrrole nitrogens is 1. The summed E-state index contributed by atoms with van der Waals surface area (Å²) in [6, 6.07) is 14.0. The van der Waals surface area contributed by atoms with Gasteiger partial charge in [-0.2, -0.15) is 0 Å². The highest BCUT2D eigenvalue weighted by molar-refractivity contribution is 6.05. The van der Waals surface area contributed by atoms with E-state index in [0.717, 1.165) is 27.5 Å². The van der Waals surface area contributed by atoms with Crippen molar-refractivity contribution in [2.45, 2.75) is 26.1 Å². The van der Waals surface area contributed by atoms with Gasteiger partial charge < -0.3 is 9.73 Å². The second kappa shape index (κ2) is 6.94. The van der Waals surface area contributed by atoms with E-state index in [1.165, 1.54) is 11.8 Å². The van der Waals surface area contributed by atoms with Gasteiger partial charge in [-0.15, -0.1) is 0 Å². The highest BCUT2D eigenvalue weighted by atomic mass is 17.2. The van der Waals surface area contributed by atoms with Crippen LogP contribution in [0, 0.1) is 0 Å². The van der Waals surface area contributed by atoms with Gasteiger partial charge in [0.1, 0.15) is 16.9 Å². The van der Waals surface area contributed by atoms with Crippen LogP contribution in [0.3, 0.4) is 0 Å². The Hall–Kier alpha value is -3.03. The molecule has 0 aliphatic carbocycles. The lowest BCUT2D eigenvalue weighted by Crippen LogP contribution is -2.24. The number of aromatic nitrogens is 2. The maximum absolute atomic E-state index is 12.5. The molecule has 0 aliphatic heterocycles. The van der Waals surface area contributed by atoms with Crippen molar-refractivity contribution in [1.82, 2.24) is 9.78 Å². The fourth-order valence-electron chi connectivity index (χ4n) is 3.27. The zero-order valence-corrected chi connectivity index (χ0v) is 15.4. The van der Waals surface area contributed by atoms with E-state index < -0.39 is 6.23 Å². The first kappa shape index (κ1) is 17.4. The molecule has 0 fully saturated rings. The highest BCUT2D eigenvalue weighted by Crippen LogP contribution is 2.31. The lowest BCUT2D eigenvalue weighted by atomic mass is 10.0. The van der Waals surface area contributed by atoms with Crippen LogP contribution in [0.4, 0.5) is 5.69 Å². The topological polar surface area (TPSA) is 81.4 Å². The van der Waals surface area contributed by atoms with E-state index in [1.54, 1.807) is 13.1 Å². The maximum atomic E-state index is 12.5. The third-order valence-corrected chi connectivity index (χ3v) is 4.67. The molecule has 2 N–H and O–H groups in total. The van der Waals surface area contributed by atoms with Crippen LogP contribution in [0.2, 0.25) is 0 Å². The first-order valence-electron chi connectivity index (χ1n) is 8.75. The Morgan fingerprint density at radius 1 is 1.11 bits per heavy atom. The summed E-state index contributed by atoms with van der Waals surface area (Å²) in [7, 11) is 1.40. The predicted molar refractivity (Wildman–Crippen MR) is 104 cm³/mol. The number of benzene rings is 2. The quantitative estimate of drug-likeness (QED) is 0.391. The number of hydrogen-bond acceptors (Lipinski definition) is 5. The molecule has 0 amide bonds. The molecule has 0 bridgehead atoms. The zero-order chi connectivity index (χ0) is 19.0. The second-order valence-electron chi connectivity index (χ2n) is 6.44. The van der Waals surface area contributed by atoms with Gasteiger partial charge in [0.2, 0.25) is 0 Å². The molecule has 0 saturated carbocycles. The minimum atomic E-state index is -0.554. The predicted octanol–water partition coefficient (Wildman–Crippen LogP) is 4.35. The molecule has 27 heavy (non-hydrogen) atoms. The molecular weight excluding hydrogens is 346 g/mol. The van der Waals surface area contributed by atoms with E-state index in [4.69, 9.17) is 9.30 Å². The van der Waals surface area contributed by atoms with E-state index in [2.05, 4.69) is 21.4 Å². The summed E-state index contributed by atoms with van der Waals surface area (Å²) in [6.45, 7) is 3.72. The standard InChI is InChI=1S/C20H21N3O4/c1-12(22-17-11-21-23(20(17)24)13(2)27-25-3)14-8-9-19-16(10-14)15-6-4-5-7-18(15)26-19/h4-13,21-22H,1-3H3/t12-,13?/m1/s1. The van der Waals surface area contributed by atoms with Gasteiger partial charge in [-0.05, 0) is 37.6 Å². The van der Waals surface area contributed by atoms with Crippen LogP contribution in [-0.4, -0.2) is 16.9 Å². The number of rotatable bonds is 6. The van der Waals surface area contributed by atoms with Gasteiger partial charge in [-0.3, -0.25) is 9.89 Å². The van der Waals surface area contributed by atoms with Crippen molar-refractivity contribution in [3.05, 3.63) is 64.6 Å². The summed E-state index contributed by atoms with van der Waals surface area (Å²) in [5, 5.41) is 8.28. The van der Waals surface area contributed by atoms with Gasteiger partial charge in [-0.1, -0.05) is 24.3 Å². The first-order valence-corrected chi connectivity index (χ1v) is 8.75. The molecule has 0 radical (unpaired) electrons. The Morgan fingerprint density at radius 2 is 1.89 bits per heavy atom. The minimum absolute atomic E-state index is 0.0707. The average molecular weight is 367 g/mol. The number of anilines is 1. The summed E-state index contributed by atoms with van der Waals surface area (Å²) in [5.74, 6) is 0. The summed E-state index contributed by atoms with van der Waals surface area (Å²) < 4.78 is 7.23. The van der Waals surface area contributed by atoms with Crippen LogP contribution < -0.4 is 10.9 Å². The van der Waals surface area contributed by atoms with Gasteiger partial charge in [-0.25, -0.2) is 14.5 Å². The van der Waals surface area contributed by atoms with E-state index in [0.29, 0.717) is 5.69 Å². The Bertz CT molecular complexity index is 1140. The van der Waals surface area contributed by atoms with Crippen LogP contribution in [0.15, 0.2) is 57.9 Å². The van der Waals surface area contributed by atoms with Crippen LogP contribution in [0.1, 0.15) is 31.7 Å². The summed E-state index contributed by atoms with van der Waals surface area (Å²) >= 11 is 0. The normalized spacial score (nSPS) is 13.9. The average Bonchev–Trinajstić information content (AvgIpc) is 3.22. The van der Waals surface area contributed by atoms with Gasteiger partial charge in [0.15, 0.2) is 6.23 Å². The van der Waals surface area contributed by atoms with Gasteiger partial charge in [0.25, 0.3) is 5.56 Å². The molecule has 2 heterocycles. The van der Waals surface area contributed by atoms with Crippen molar-refractivity contribution < 1.29 is 14.2 Å². The molecule has 0 aliphatic rings. The third kappa shape index (κ3) is 3.11. The molecular formula is C20H21N3O4. The molecule has 7 heteroatoms. The van der Waals surface area contributed by atoms with Crippen LogP contribution >= 0.6 is 0 Å². The Labute approximate surface area is 155 Å². The molecule has 1 unspecified atom stereocenters. The number of furan rings is 1. The lowest BCUT2D eigenvalue weighted by molar-refractivity contribution is -0.323. The van der Waals surface area contributed by atoms with Gasteiger partial charge in [0.05, 0.1) is 7.11 Å². The molecule has 2 atom stereocenters. The molecule has 0 spiro atoms. The molecule has 4 rings (SSSR count). The number of nitrogens with one attached hydrogen (secondary N) is 2. The largest absolute Gasteiger partial charge is 0.456 e. The molecule has 7 nitrogen and oxygen atoms in total. The highest BCUT2D eigenvalue weighted by Gasteiger charge is 2.16. The lowest BCUT2D eigenvalue weighted by Gasteiger charge is -2.14. The summed E-state index contributed by atoms with van der Waals surface area (Å²) in [6.07, 6.45) is 1.07. The van der Waals surface area contributed by atoms with Crippen LogP contribution in [0.5, 0.6) is 0 Å². The fraction of sp³-hybridized carbons (Fsp3) is 0.250. The zero-order valence-electron chi connectivity index (χ0n) is 15.4. The molecule has 140 valence electrons. The SMILES string of the molecule is COOC(C)n1[nH]cc(N[C@H](C)c2ccc3oc4ccccc4c3c2)c1=O. The third-order valence-electron chi connectivity index (χ3n) is 4.67. The monoisotopic (exact) mass is 367 g/mol. The van der Waals surface area contributed by atoms with Crippen molar-refractivity contribution in [2.75, 3.05) is 12.4 Å². The minimum Gasteiger partial charge on any atom is -0.456 e. The fourth-order valence-corrected chi connectivity index (χ4v) is 3.27. The van der Waals surface area contributed by atoms with E-state index in [1.807, 2.05) is 43.3 Å². The Balaban J connectivity index is 1.62. The van der Waals surface area contributed by atoms with Crippen molar-refractivity contribution >= 4 is 27.6 Å².